The van der Waals surface area contributed by atoms with Crippen LogP contribution in [0.1, 0.15) is 67.3 Å². The Morgan fingerprint density at radius 3 is 2.13 bits per heavy atom. The molecule has 0 spiro atoms. The fourth-order valence-corrected chi connectivity index (χ4v) is 11.5. The van der Waals surface area contributed by atoms with Crippen molar-refractivity contribution < 1.29 is 4.42 Å². The zero-order chi connectivity index (χ0) is 41.6. The minimum absolute atomic E-state index is 0.0294. The fraction of sp³-hybridized carbons (Fsp3) is 0.169. The predicted octanol–water partition coefficient (Wildman–Crippen LogP) is 16.3. The molecule has 2 aliphatic heterocycles. The van der Waals surface area contributed by atoms with Gasteiger partial charge in [-0.25, -0.2) is 0 Å². The molecular weight excluding hydrogens is 771 g/mol. The van der Waals surface area contributed by atoms with E-state index in [1.807, 2.05) is 11.8 Å². The van der Waals surface area contributed by atoms with Crippen LogP contribution in [0, 0.1) is 11.8 Å². The van der Waals surface area contributed by atoms with Gasteiger partial charge in [-0.3, -0.25) is 4.99 Å². The second kappa shape index (κ2) is 16.5. The van der Waals surface area contributed by atoms with Crippen LogP contribution in [0.4, 0.5) is 0 Å². The molecule has 1 aliphatic carbocycles. The van der Waals surface area contributed by atoms with Gasteiger partial charge in [0.15, 0.2) is 0 Å². The molecule has 3 aliphatic rings. The first-order valence-electron chi connectivity index (χ1n) is 22.3. The summed E-state index contributed by atoms with van der Waals surface area (Å²) >= 11 is 2.00. The standard InChI is InChI=1S/C59H49NOS/c1-3-39-34-45(42-28-26-41(27-29-42)40-14-6-4-7-15-40)25-24-38(2)57(60-58(39)43-16-8-5-9-17-43)48-30-32-50-53-36-46(31-33-54(53)61-55(50)37-48)44-18-12-19-47(35-44)49-21-13-22-52-51-20-10-11-23-56(51)62-59(49)52/h4-23,25-33,35-39,51,56,58H,3,24,34H2,1-2H3/b45-25-,60-57+/t38?,39?,51?,56?,58-/m1/s1. The molecule has 0 radical (unpaired) electrons. The van der Waals surface area contributed by atoms with Crippen molar-refractivity contribution in [1.29, 1.82) is 0 Å². The van der Waals surface area contributed by atoms with Gasteiger partial charge in [-0.15, -0.1) is 11.8 Å². The monoisotopic (exact) mass is 819 g/mol. The summed E-state index contributed by atoms with van der Waals surface area (Å²) in [6.45, 7) is 4.66. The molecule has 62 heavy (non-hydrogen) atoms. The second-order valence-electron chi connectivity index (χ2n) is 17.3. The summed E-state index contributed by atoms with van der Waals surface area (Å²) in [5.41, 5.74) is 17.0. The lowest BCUT2D eigenvalue weighted by Gasteiger charge is -2.26. The van der Waals surface area contributed by atoms with Crippen LogP contribution in [0.3, 0.4) is 0 Å². The van der Waals surface area contributed by atoms with E-state index >= 15 is 0 Å². The Morgan fingerprint density at radius 1 is 0.597 bits per heavy atom. The normalized spacial score (nSPS) is 22.5. The van der Waals surface area contributed by atoms with E-state index in [1.54, 1.807) is 0 Å². The molecule has 7 aromatic carbocycles. The number of hydrogen-bond acceptors (Lipinski definition) is 3. The molecule has 1 aromatic heterocycles. The number of furan rings is 1. The fourth-order valence-electron chi connectivity index (χ4n) is 10.0. The van der Waals surface area contributed by atoms with E-state index in [1.165, 1.54) is 60.5 Å². The number of benzene rings is 7. The van der Waals surface area contributed by atoms with Crippen molar-refractivity contribution in [2.75, 3.05) is 0 Å². The smallest absolute Gasteiger partial charge is 0.136 e. The second-order valence-corrected chi connectivity index (χ2v) is 18.4. The first-order valence-corrected chi connectivity index (χ1v) is 23.2. The van der Waals surface area contributed by atoms with Gasteiger partial charge in [0.05, 0.1) is 6.04 Å². The van der Waals surface area contributed by atoms with Gasteiger partial charge < -0.3 is 4.42 Å². The molecule has 0 amide bonds. The van der Waals surface area contributed by atoms with E-state index in [0.29, 0.717) is 17.1 Å². The number of hydrogen-bond donors (Lipinski definition) is 0. The number of nitrogens with zero attached hydrogens (tertiary/aromatic N) is 1. The van der Waals surface area contributed by atoms with Gasteiger partial charge in [0, 0.05) is 38.5 Å². The lowest BCUT2D eigenvalue weighted by atomic mass is 9.84. The highest BCUT2D eigenvalue weighted by atomic mass is 32.2. The molecule has 11 rings (SSSR count). The van der Waals surface area contributed by atoms with Gasteiger partial charge >= 0.3 is 0 Å². The molecule has 4 unspecified atom stereocenters. The number of allylic oxidation sites excluding steroid dienone is 5. The predicted molar refractivity (Wildman–Crippen MR) is 263 cm³/mol. The molecule has 302 valence electrons. The first kappa shape index (κ1) is 38.5. The summed E-state index contributed by atoms with van der Waals surface area (Å²) in [6.07, 6.45) is 14.5. The lowest BCUT2D eigenvalue weighted by molar-refractivity contribution is 0.429. The Morgan fingerprint density at radius 2 is 1.29 bits per heavy atom. The number of aliphatic imine (C=N–C) groups is 1. The van der Waals surface area contributed by atoms with Crippen LogP contribution in [-0.2, 0) is 0 Å². The molecule has 3 heteroatoms. The zero-order valence-electron chi connectivity index (χ0n) is 35.2. The van der Waals surface area contributed by atoms with Crippen LogP contribution in [-0.4, -0.2) is 11.0 Å². The third-order valence-electron chi connectivity index (χ3n) is 13.4. The highest BCUT2D eigenvalue weighted by Crippen LogP contribution is 2.52. The number of thioether (sulfide) groups is 1. The van der Waals surface area contributed by atoms with E-state index in [4.69, 9.17) is 9.41 Å². The highest BCUT2D eigenvalue weighted by molar-refractivity contribution is 8.00. The molecule has 8 aromatic rings. The minimum Gasteiger partial charge on any atom is -0.456 e. The van der Waals surface area contributed by atoms with Crippen molar-refractivity contribution in [3.63, 3.8) is 0 Å². The number of fused-ring (bicyclic) bond motifs is 6. The molecule has 0 saturated heterocycles. The van der Waals surface area contributed by atoms with Gasteiger partial charge in [-0.2, -0.15) is 0 Å². The van der Waals surface area contributed by atoms with Crippen LogP contribution >= 0.6 is 11.8 Å². The third-order valence-corrected chi connectivity index (χ3v) is 14.9. The quantitative estimate of drug-likeness (QED) is 0.160. The van der Waals surface area contributed by atoms with E-state index in [0.717, 1.165) is 52.5 Å². The summed E-state index contributed by atoms with van der Waals surface area (Å²) in [5.74, 6) is 0.992. The Labute approximate surface area is 369 Å². The van der Waals surface area contributed by atoms with Crippen LogP contribution < -0.4 is 0 Å². The number of rotatable bonds is 7. The van der Waals surface area contributed by atoms with Gasteiger partial charge in [0.1, 0.15) is 11.2 Å². The van der Waals surface area contributed by atoms with E-state index in [9.17, 15) is 0 Å². The Hall–Kier alpha value is -6.42. The van der Waals surface area contributed by atoms with E-state index < -0.39 is 0 Å². The third kappa shape index (κ3) is 7.19. The van der Waals surface area contributed by atoms with E-state index in [-0.39, 0.29) is 12.0 Å². The summed E-state index contributed by atoms with van der Waals surface area (Å²) in [7, 11) is 0. The summed E-state index contributed by atoms with van der Waals surface area (Å²) in [6, 6.07) is 60.1. The zero-order valence-corrected chi connectivity index (χ0v) is 36.1. The average Bonchev–Trinajstić information content (AvgIpc) is 3.92. The van der Waals surface area contributed by atoms with E-state index in [2.05, 4.69) is 208 Å². The van der Waals surface area contributed by atoms with Gasteiger partial charge in [-0.1, -0.05) is 184 Å². The van der Waals surface area contributed by atoms with Crippen LogP contribution in [0.2, 0.25) is 0 Å². The van der Waals surface area contributed by atoms with Crippen molar-refractivity contribution >= 4 is 45.0 Å². The lowest BCUT2D eigenvalue weighted by Crippen LogP contribution is -2.17. The Bertz CT molecular complexity index is 3060. The Kier molecular flexibility index (Phi) is 10.2. The van der Waals surface area contributed by atoms with Gasteiger partial charge in [0.25, 0.3) is 0 Å². The van der Waals surface area contributed by atoms with Crippen molar-refractivity contribution in [3.05, 3.63) is 216 Å². The van der Waals surface area contributed by atoms with Gasteiger partial charge in [0.2, 0.25) is 0 Å². The van der Waals surface area contributed by atoms with Crippen LogP contribution in [0.5, 0.6) is 0 Å². The average molecular weight is 820 g/mol. The van der Waals surface area contributed by atoms with Crippen molar-refractivity contribution in [2.45, 2.75) is 55.2 Å². The molecule has 0 fully saturated rings. The van der Waals surface area contributed by atoms with Crippen LogP contribution in [0.25, 0.3) is 60.9 Å². The molecule has 0 saturated carbocycles. The van der Waals surface area contributed by atoms with Crippen molar-refractivity contribution in [2.24, 2.45) is 16.8 Å². The molecular formula is C59H49NOS. The maximum absolute atomic E-state index is 6.67. The SMILES string of the molecule is CCC1C/C(c2ccc(-c3ccccc3)cc2)=C/CC(C)/C(c2ccc3c(c2)oc2ccc(-c4cccc(-c5cccc6c5SC5C=CC=CC65)c4)cc23)=N\[C@H]1c1ccccc1. The van der Waals surface area contributed by atoms with Crippen molar-refractivity contribution in [1.82, 2.24) is 0 Å². The van der Waals surface area contributed by atoms with Crippen LogP contribution in [0.15, 0.2) is 208 Å². The maximum Gasteiger partial charge on any atom is 0.136 e. The highest BCUT2D eigenvalue weighted by Gasteiger charge is 2.33. The minimum atomic E-state index is 0.0294. The molecule has 0 bridgehead atoms. The topological polar surface area (TPSA) is 25.5 Å². The first-order chi connectivity index (χ1) is 30.6. The summed E-state index contributed by atoms with van der Waals surface area (Å²) in [4.78, 5) is 7.18. The molecule has 0 N–H and O–H groups in total. The van der Waals surface area contributed by atoms with Gasteiger partial charge in [-0.05, 0) is 110 Å². The van der Waals surface area contributed by atoms with Crippen molar-refractivity contribution in [3.8, 4) is 33.4 Å². The molecule has 2 nitrogen and oxygen atoms in total. The largest absolute Gasteiger partial charge is 0.456 e. The molecule has 3 heterocycles. The molecule has 5 atom stereocenters. The summed E-state index contributed by atoms with van der Waals surface area (Å²) < 4.78 is 6.67. The maximum atomic E-state index is 6.67. The Balaban J connectivity index is 0.934. The summed E-state index contributed by atoms with van der Waals surface area (Å²) in [5, 5.41) is 2.74.